The molecule has 0 spiro atoms. The molecule has 1 aliphatic rings. The highest BCUT2D eigenvalue weighted by Crippen LogP contribution is 2.28. The highest BCUT2D eigenvalue weighted by Gasteiger charge is 2.28. The van der Waals surface area contributed by atoms with Crippen molar-refractivity contribution in [2.45, 2.75) is 38.5 Å². The molecule has 2 heterocycles. The predicted molar refractivity (Wildman–Crippen MR) is 95.7 cm³/mol. The van der Waals surface area contributed by atoms with Crippen LogP contribution >= 0.6 is 11.6 Å². The number of pyridine rings is 1. The Kier molecular flexibility index (Phi) is 5.89. The number of carboxylic acids is 1. The Hall–Kier alpha value is -2.11. The SMILES string of the molecule is O=C(O)C1CCCCN1Cc1cc(Cl)ccc1OCc1cccnc1. The fraction of sp³-hybridized carbons (Fsp3) is 0.368. The number of hydrogen-bond donors (Lipinski definition) is 1. The normalized spacial score (nSPS) is 18.0. The van der Waals surface area contributed by atoms with Crippen molar-refractivity contribution >= 4 is 17.6 Å². The van der Waals surface area contributed by atoms with E-state index in [9.17, 15) is 9.90 Å². The Morgan fingerprint density at radius 2 is 2.24 bits per heavy atom. The van der Waals surface area contributed by atoms with Crippen LogP contribution in [0.15, 0.2) is 42.7 Å². The number of carboxylic acid groups (broad SMARTS) is 1. The number of hydrogen-bond acceptors (Lipinski definition) is 4. The number of aliphatic carboxylic acids is 1. The van der Waals surface area contributed by atoms with Crippen molar-refractivity contribution in [3.63, 3.8) is 0 Å². The number of likely N-dealkylation sites (tertiary alicyclic amines) is 1. The summed E-state index contributed by atoms with van der Waals surface area (Å²) in [5.41, 5.74) is 1.88. The molecule has 3 rings (SSSR count). The van der Waals surface area contributed by atoms with E-state index in [-0.39, 0.29) is 0 Å². The van der Waals surface area contributed by atoms with Crippen LogP contribution in [0.4, 0.5) is 0 Å². The van der Waals surface area contributed by atoms with Gasteiger partial charge in [-0.05, 0) is 43.7 Å². The molecule has 0 radical (unpaired) electrons. The molecular weight excluding hydrogens is 340 g/mol. The molecule has 1 aliphatic heterocycles. The zero-order valence-electron chi connectivity index (χ0n) is 13.9. The minimum Gasteiger partial charge on any atom is -0.489 e. The molecule has 0 aliphatic carbocycles. The van der Waals surface area contributed by atoms with Crippen LogP contribution < -0.4 is 4.74 Å². The van der Waals surface area contributed by atoms with Crippen LogP contribution in [0.25, 0.3) is 0 Å². The van der Waals surface area contributed by atoms with E-state index in [0.717, 1.165) is 36.3 Å². The van der Waals surface area contributed by atoms with E-state index in [4.69, 9.17) is 16.3 Å². The summed E-state index contributed by atoms with van der Waals surface area (Å²) in [5, 5.41) is 10.1. The molecule has 1 atom stereocenters. The average molecular weight is 361 g/mol. The number of aromatic nitrogens is 1. The molecule has 1 aromatic carbocycles. The molecule has 0 bridgehead atoms. The minimum atomic E-state index is -0.764. The third-order valence-corrected chi connectivity index (χ3v) is 4.65. The van der Waals surface area contributed by atoms with Gasteiger partial charge < -0.3 is 9.84 Å². The molecule has 1 unspecified atom stereocenters. The summed E-state index contributed by atoms with van der Waals surface area (Å²) in [7, 11) is 0. The Labute approximate surface area is 152 Å². The molecule has 25 heavy (non-hydrogen) atoms. The van der Waals surface area contributed by atoms with Gasteiger partial charge in [0.15, 0.2) is 0 Å². The monoisotopic (exact) mass is 360 g/mol. The molecule has 0 saturated carbocycles. The molecule has 1 saturated heterocycles. The Morgan fingerprint density at radius 3 is 3.00 bits per heavy atom. The number of carbonyl (C=O) groups is 1. The first-order valence-electron chi connectivity index (χ1n) is 8.40. The van der Waals surface area contributed by atoms with Gasteiger partial charge in [-0.1, -0.05) is 24.1 Å². The first kappa shape index (κ1) is 17.7. The van der Waals surface area contributed by atoms with Gasteiger partial charge in [0.1, 0.15) is 18.4 Å². The van der Waals surface area contributed by atoms with Gasteiger partial charge in [0.05, 0.1) is 0 Å². The second-order valence-corrected chi connectivity index (χ2v) is 6.66. The Bertz CT molecular complexity index is 724. The molecule has 132 valence electrons. The van der Waals surface area contributed by atoms with Crippen molar-refractivity contribution < 1.29 is 14.6 Å². The summed E-state index contributed by atoms with van der Waals surface area (Å²) in [6, 6.07) is 8.86. The summed E-state index contributed by atoms with van der Waals surface area (Å²) in [4.78, 5) is 17.6. The highest BCUT2D eigenvalue weighted by atomic mass is 35.5. The van der Waals surface area contributed by atoms with Crippen molar-refractivity contribution in [2.24, 2.45) is 0 Å². The van der Waals surface area contributed by atoms with E-state index in [0.29, 0.717) is 24.6 Å². The molecule has 5 nitrogen and oxygen atoms in total. The van der Waals surface area contributed by atoms with Crippen LogP contribution in [0.5, 0.6) is 5.75 Å². The lowest BCUT2D eigenvalue weighted by molar-refractivity contribution is -0.144. The van der Waals surface area contributed by atoms with E-state index in [2.05, 4.69) is 4.98 Å². The molecule has 0 amide bonds. The minimum absolute atomic E-state index is 0.408. The number of halogens is 1. The van der Waals surface area contributed by atoms with Gasteiger partial charge in [-0.3, -0.25) is 14.7 Å². The fourth-order valence-corrected chi connectivity index (χ4v) is 3.33. The molecule has 6 heteroatoms. The maximum atomic E-state index is 11.5. The van der Waals surface area contributed by atoms with Crippen molar-refractivity contribution in [3.8, 4) is 5.75 Å². The Balaban J connectivity index is 1.75. The zero-order chi connectivity index (χ0) is 17.6. The first-order chi connectivity index (χ1) is 12.1. The lowest BCUT2D eigenvalue weighted by Crippen LogP contribution is -2.44. The smallest absolute Gasteiger partial charge is 0.320 e. The summed E-state index contributed by atoms with van der Waals surface area (Å²) >= 11 is 6.15. The quantitative estimate of drug-likeness (QED) is 0.849. The van der Waals surface area contributed by atoms with Gasteiger partial charge in [-0.25, -0.2) is 0 Å². The predicted octanol–water partition coefficient (Wildman–Crippen LogP) is 3.75. The summed E-state index contributed by atoms with van der Waals surface area (Å²) in [5.74, 6) is -0.0393. The summed E-state index contributed by atoms with van der Waals surface area (Å²) in [6.07, 6.45) is 6.13. The third kappa shape index (κ3) is 4.71. The van der Waals surface area contributed by atoms with Crippen LogP contribution in [0.2, 0.25) is 5.02 Å². The lowest BCUT2D eigenvalue weighted by atomic mass is 10.0. The van der Waals surface area contributed by atoms with Gasteiger partial charge in [0.2, 0.25) is 0 Å². The van der Waals surface area contributed by atoms with Gasteiger partial charge in [-0.2, -0.15) is 0 Å². The first-order valence-corrected chi connectivity index (χ1v) is 8.78. The standard InChI is InChI=1S/C19H21ClN2O3/c20-16-6-7-18(25-13-14-4-3-8-21-11-14)15(10-16)12-22-9-2-1-5-17(22)19(23)24/h3-4,6-8,10-11,17H,1-2,5,9,12-13H2,(H,23,24). The van der Waals surface area contributed by atoms with Crippen LogP contribution in [0.3, 0.4) is 0 Å². The number of piperidine rings is 1. The van der Waals surface area contributed by atoms with Crippen LogP contribution in [0, 0.1) is 0 Å². The van der Waals surface area contributed by atoms with Gasteiger partial charge >= 0.3 is 5.97 Å². The molecule has 1 fully saturated rings. The van der Waals surface area contributed by atoms with Gasteiger partial charge in [-0.15, -0.1) is 0 Å². The number of ether oxygens (including phenoxy) is 1. The number of rotatable bonds is 6. The van der Waals surface area contributed by atoms with E-state index in [1.807, 2.05) is 29.2 Å². The van der Waals surface area contributed by atoms with E-state index in [1.54, 1.807) is 18.5 Å². The van der Waals surface area contributed by atoms with Crippen molar-refractivity contribution in [1.29, 1.82) is 0 Å². The Morgan fingerprint density at radius 1 is 1.36 bits per heavy atom. The van der Waals surface area contributed by atoms with Crippen LogP contribution in [-0.4, -0.2) is 33.5 Å². The summed E-state index contributed by atoms with van der Waals surface area (Å²) < 4.78 is 5.94. The van der Waals surface area contributed by atoms with E-state index >= 15 is 0 Å². The molecule has 1 aromatic heterocycles. The summed E-state index contributed by atoms with van der Waals surface area (Å²) in [6.45, 7) is 1.69. The molecule has 2 aromatic rings. The second kappa shape index (κ2) is 8.32. The third-order valence-electron chi connectivity index (χ3n) is 4.41. The topological polar surface area (TPSA) is 62.7 Å². The van der Waals surface area contributed by atoms with E-state index < -0.39 is 12.0 Å². The van der Waals surface area contributed by atoms with Crippen molar-refractivity contribution in [3.05, 3.63) is 58.9 Å². The van der Waals surface area contributed by atoms with Crippen LogP contribution in [-0.2, 0) is 17.9 Å². The van der Waals surface area contributed by atoms with Gasteiger partial charge in [0.25, 0.3) is 0 Å². The fourth-order valence-electron chi connectivity index (χ4n) is 3.14. The van der Waals surface area contributed by atoms with Crippen molar-refractivity contribution in [1.82, 2.24) is 9.88 Å². The maximum Gasteiger partial charge on any atom is 0.320 e. The van der Waals surface area contributed by atoms with E-state index in [1.165, 1.54) is 0 Å². The molecular formula is C19H21ClN2O3. The largest absolute Gasteiger partial charge is 0.489 e. The second-order valence-electron chi connectivity index (χ2n) is 6.22. The van der Waals surface area contributed by atoms with Gasteiger partial charge in [0, 0.05) is 35.1 Å². The number of nitrogens with zero attached hydrogens (tertiary/aromatic N) is 2. The van der Waals surface area contributed by atoms with Crippen LogP contribution in [0.1, 0.15) is 30.4 Å². The maximum absolute atomic E-state index is 11.5. The number of benzene rings is 1. The molecule has 1 N–H and O–H groups in total. The lowest BCUT2D eigenvalue weighted by Gasteiger charge is -2.33. The highest BCUT2D eigenvalue weighted by molar-refractivity contribution is 6.30. The zero-order valence-corrected chi connectivity index (χ0v) is 14.7. The van der Waals surface area contributed by atoms with Crippen molar-refractivity contribution in [2.75, 3.05) is 6.54 Å². The average Bonchev–Trinajstić information content (AvgIpc) is 2.62.